The number of carbonyl (C=O) groups is 3. The van der Waals surface area contributed by atoms with E-state index in [4.69, 9.17) is 18.9 Å². The number of halogens is 1. The van der Waals surface area contributed by atoms with Gasteiger partial charge in [0.25, 0.3) is 0 Å². The molecule has 4 heterocycles. The lowest BCUT2D eigenvalue weighted by Gasteiger charge is -2.30. The predicted octanol–water partition coefficient (Wildman–Crippen LogP) is 6.06. The summed E-state index contributed by atoms with van der Waals surface area (Å²) in [6, 6.07) is 10.3. The summed E-state index contributed by atoms with van der Waals surface area (Å²) in [7, 11) is 0. The highest BCUT2D eigenvalue weighted by atomic mass is 79.9. The van der Waals surface area contributed by atoms with Crippen LogP contribution in [0.3, 0.4) is 0 Å². The van der Waals surface area contributed by atoms with Crippen LogP contribution < -0.4 is 14.8 Å². The van der Waals surface area contributed by atoms with Crippen molar-refractivity contribution in [3.05, 3.63) is 64.0 Å². The molecule has 47 heavy (non-hydrogen) atoms. The summed E-state index contributed by atoms with van der Waals surface area (Å²) in [6.45, 7) is 4.90. The molecule has 0 spiro atoms. The minimum absolute atomic E-state index is 0.126. The lowest BCUT2D eigenvalue weighted by atomic mass is 10.0. The van der Waals surface area contributed by atoms with E-state index in [0.29, 0.717) is 36.8 Å². The smallest absolute Gasteiger partial charge is 0.410 e. The van der Waals surface area contributed by atoms with Gasteiger partial charge in [0.15, 0.2) is 11.5 Å². The Balaban J connectivity index is 1.09. The third kappa shape index (κ3) is 6.63. The molecule has 3 amide bonds. The zero-order valence-corrected chi connectivity index (χ0v) is 28.0. The Morgan fingerprint density at radius 3 is 2.34 bits per heavy atom. The Bertz CT molecular complexity index is 1620. The number of imidazole rings is 1. The molecule has 3 atom stereocenters. The largest absolute Gasteiger partial charge is 0.454 e. The number of fused-ring (bicyclic) bond motifs is 2. The summed E-state index contributed by atoms with van der Waals surface area (Å²) in [5.74, 6) is 1.43. The molecule has 1 saturated heterocycles. The number of rotatable bonds is 7. The summed E-state index contributed by atoms with van der Waals surface area (Å²) < 4.78 is 23.6. The molecule has 1 aliphatic carbocycles. The molecular formula is C34H38BrN5O7. The number of hydrogen-bond acceptors (Lipinski definition) is 8. The molecule has 4 aliphatic rings. The van der Waals surface area contributed by atoms with Crippen LogP contribution in [0.25, 0.3) is 11.3 Å². The fourth-order valence-electron chi connectivity index (χ4n) is 6.81. The third-order valence-corrected chi connectivity index (χ3v) is 9.87. The molecule has 1 saturated carbocycles. The van der Waals surface area contributed by atoms with Gasteiger partial charge in [0, 0.05) is 24.0 Å². The van der Waals surface area contributed by atoms with Crippen LogP contribution in [0, 0.1) is 5.92 Å². The van der Waals surface area contributed by atoms with Crippen molar-refractivity contribution < 1.29 is 33.3 Å². The van der Waals surface area contributed by atoms with Crippen molar-refractivity contribution >= 4 is 34.0 Å². The van der Waals surface area contributed by atoms with Crippen LogP contribution in [0.2, 0.25) is 0 Å². The first-order valence-electron chi connectivity index (χ1n) is 16.2. The van der Waals surface area contributed by atoms with Gasteiger partial charge >= 0.3 is 12.2 Å². The molecule has 0 radical (unpaired) electrons. The molecule has 1 unspecified atom stereocenters. The summed E-state index contributed by atoms with van der Waals surface area (Å²) in [4.78, 5) is 51.9. The molecule has 248 valence electrons. The molecule has 0 bridgehead atoms. The van der Waals surface area contributed by atoms with Crippen molar-refractivity contribution in [2.24, 2.45) is 5.92 Å². The van der Waals surface area contributed by atoms with Crippen molar-refractivity contribution in [1.82, 2.24) is 25.1 Å². The van der Waals surface area contributed by atoms with Gasteiger partial charge in [-0.15, -0.1) is 0 Å². The minimum atomic E-state index is -0.832. The molecule has 7 rings (SSSR count). The maximum Gasteiger partial charge on any atom is 0.410 e. The highest BCUT2D eigenvalue weighted by molar-refractivity contribution is 9.10. The second-order valence-corrected chi connectivity index (χ2v) is 13.9. The van der Waals surface area contributed by atoms with Crippen molar-refractivity contribution in [2.75, 3.05) is 13.3 Å². The molecular weight excluding hydrogens is 670 g/mol. The first-order chi connectivity index (χ1) is 22.7. The van der Waals surface area contributed by atoms with E-state index in [9.17, 15) is 14.4 Å². The van der Waals surface area contributed by atoms with E-state index >= 15 is 0 Å². The lowest BCUT2D eigenvalue weighted by Crippen LogP contribution is -2.52. The minimum Gasteiger partial charge on any atom is -0.454 e. The van der Waals surface area contributed by atoms with E-state index in [0.717, 1.165) is 52.5 Å². The molecule has 1 aromatic heterocycles. The number of likely N-dealkylation sites (tertiary alicyclic amines) is 1. The molecule has 3 aliphatic heterocycles. The normalized spacial score (nSPS) is 20.9. The second kappa shape index (κ2) is 13.1. The third-order valence-electron chi connectivity index (χ3n) is 9.34. The standard InChI is InChI=1S/C34H38BrN5O7/c1-19(2)30(38-33(42)46-24-5-3-4-6-24)32(41)40-17-25(13-27(40)31-36-14-26(37-31)20-7-9-23(35)10-8-20)47-34(43)39-15-21-11-28-29(45-18-44-28)12-22(21)16-39/h7-12,14,19,24-25,27,30H,3-6,13,15-18H2,1-2H3,(H,36,37)(H,38,42)/t25-,27+,30?/m1/s1. The van der Waals surface area contributed by atoms with Crippen molar-refractivity contribution in [3.8, 4) is 22.8 Å². The van der Waals surface area contributed by atoms with Gasteiger partial charge in [-0.25, -0.2) is 14.6 Å². The zero-order chi connectivity index (χ0) is 32.7. The number of hydrogen-bond donors (Lipinski definition) is 2. The van der Waals surface area contributed by atoms with E-state index in [2.05, 4.69) is 31.2 Å². The maximum absolute atomic E-state index is 14.2. The SMILES string of the molecule is CC(C)C(NC(=O)OC1CCCC1)C(=O)N1C[C@H](OC(=O)N2Cc3cc4c(cc3C2)OCO4)C[C@H]1c1ncc(-c2ccc(Br)cc2)[nH]1. The van der Waals surface area contributed by atoms with Gasteiger partial charge in [0.1, 0.15) is 24.1 Å². The van der Waals surface area contributed by atoms with E-state index in [1.54, 1.807) is 16.0 Å². The van der Waals surface area contributed by atoms with Crippen LogP contribution in [0.5, 0.6) is 11.5 Å². The van der Waals surface area contributed by atoms with Gasteiger partial charge < -0.3 is 34.1 Å². The van der Waals surface area contributed by atoms with E-state index in [1.807, 2.05) is 50.2 Å². The first kappa shape index (κ1) is 31.3. The monoisotopic (exact) mass is 707 g/mol. The molecule has 13 heteroatoms. The summed E-state index contributed by atoms with van der Waals surface area (Å²) in [5, 5.41) is 2.83. The summed E-state index contributed by atoms with van der Waals surface area (Å²) >= 11 is 3.47. The van der Waals surface area contributed by atoms with Crippen LogP contribution >= 0.6 is 15.9 Å². The maximum atomic E-state index is 14.2. The first-order valence-corrected chi connectivity index (χ1v) is 17.0. The molecule has 2 fully saturated rings. The number of benzene rings is 2. The van der Waals surface area contributed by atoms with Gasteiger partial charge in [-0.05, 0) is 72.6 Å². The second-order valence-electron chi connectivity index (χ2n) is 12.9. The average Bonchev–Trinajstić information content (AvgIpc) is 3.88. The number of amides is 3. The molecule has 3 aromatic rings. The number of nitrogens with zero attached hydrogens (tertiary/aromatic N) is 3. The Morgan fingerprint density at radius 2 is 1.68 bits per heavy atom. The number of alkyl carbamates (subject to hydrolysis) is 1. The molecule has 2 N–H and O–H groups in total. The molecule has 12 nitrogen and oxygen atoms in total. The summed E-state index contributed by atoms with van der Waals surface area (Å²) in [6.07, 6.45) is 4.04. The van der Waals surface area contributed by atoms with Gasteiger partial charge in [-0.1, -0.05) is 41.9 Å². The van der Waals surface area contributed by atoms with Gasteiger partial charge in [0.05, 0.1) is 24.5 Å². The van der Waals surface area contributed by atoms with Gasteiger partial charge in [-0.3, -0.25) is 9.69 Å². The van der Waals surface area contributed by atoms with E-state index < -0.39 is 30.4 Å². The van der Waals surface area contributed by atoms with Crippen LogP contribution in [-0.2, 0) is 27.4 Å². The number of ether oxygens (including phenoxy) is 4. The highest BCUT2D eigenvalue weighted by Crippen LogP contribution is 2.39. The topological polar surface area (TPSA) is 135 Å². The van der Waals surface area contributed by atoms with E-state index in [-0.39, 0.29) is 31.3 Å². The zero-order valence-electron chi connectivity index (χ0n) is 26.4. The number of carbonyl (C=O) groups excluding carboxylic acids is 3. The molecule has 2 aromatic carbocycles. The van der Waals surface area contributed by atoms with E-state index in [1.165, 1.54) is 0 Å². The Labute approximate surface area is 281 Å². The van der Waals surface area contributed by atoms with Crippen LogP contribution in [-0.4, -0.2) is 69.4 Å². The summed E-state index contributed by atoms with van der Waals surface area (Å²) in [5.41, 5.74) is 3.71. The highest BCUT2D eigenvalue weighted by Gasteiger charge is 2.44. The average molecular weight is 709 g/mol. The lowest BCUT2D eigenvalue weighted by molar-refractivity contribution is -0.136. The number of aromatic amines is 1. The van der Waals surface area contributed by atoms with Crippen molar-refractivity contribution in [2.45, 2.75) is 83.3 Å². The fourth-order valence-corrected chi connectivity index (χ4v) is 7.08. The number of H-pyrrole nitrogens is 1. The Morgan fingerprint density at radius 1 is 1.00 bits per heavy atom. The van der Waals surface area contributed by atoms with Crippen LogP contribution in [0.4, 0.5) is 9.59 Å². The quantitative estimate of drug-likeness (QED) is 0.303. The predicted molar refractivity (Wildman–Crippen MR) is 173 cm³/mol. The Hall–Kier alpha value is -4.26. The van der Waals surface area contributed by atoms with Crippen LogP contribution in [0.15, 0.2) is 47.1 Å². The Kier molecular flexibility index (Phi) is 8.73. The van der Waals surface area contributed by atoms with Crippen molar-refractivity contribution in [3.63, 3.8) is 0 Å². The van der Waals surface area contributed by atoms with Crippen LogP contribution in [0.1, 0.15) is 68.9 Å². The van der Waals surface area contributed by atoms with Gasteiger partial charge in [0.2, 0.25) is 12.7 Å². The number of aromatic nitrogens is 2. The van der Waals surface area contributed by atoms with Gasteiger partial charge in [-0.2, -0.15) is 0 Å². The number of nitrogens with one attached hydrogen (secondary N) is 2. The fraction of sp³-hybridized carbons (Fsp3) is 0.471. The van der Waals surface area contributed by atoms with Crippen molar-refractivity contribution in [1.29, 1.82) is 0 Å².